The van der Waals surface area contributed by atoms with Crippen molar-refractivity contribution in [2.45, 2.75) is 52.6 Å². The number of rotatable bonds is 5. The maximum absolute atomic E-state index is 6.45. The van der Waals surface area contributed by atoms with Gasteiger partial charge < -0.3 is 19.9 Å². The number of nitrogens with zero attached hydrogens (tertiary/aromatic N) is 4. The van der Waals surface area contributed by atoms with Crippen LogP contribution in [0.4, 0.5) is 5.82 Å². The van der Waals surface area contributed by atoms with Gasteiger partial charge >= 0.3 is 0 Å². The molecule has 2 aromatic heterocycles. The van der Waals surface area contributed by atoms with Crippen LogP contribution in [0.5, 0.6) is 11.5 Å². The number of aromatic nitrogens is 3. The summed E-state index contributed by atoms with van der Waals surface area (Å²) in [5, 5.41) is 0.854. The maximum Gasteiger partial charge on any atom is 0.147 e. The van der Waals surface area contributed by atoms with Gasteiger partial charge in [0.15, 0.2) is 0 Å². The number of likely N-dealkylation sites (tertiary alicyclic amines) is 1. The fourth-order valence-electron chi connectivity index (χ4n) is 5.11. The van der Waals surface area contributed by atoms with Crippen molar-refractivity contribution in [3.8, 4) is 34.5 Å². The van der Waals surface area contributed by atoms with Crippen molar-refractivity contribution in [2.75, 3.05) is 18.8 Å². The third kappa shape index (κ3) is 5.19. The van der Waals surface area contributed by atoms with E-state index in [1.807, 2.05) is 42.5 Å². The first-order valence-corrected chi connectivity index (χ1v) is 13.2. The van der Waals surface area contributed by atoms with Crippen LogP contribution >= 0.6 is 0 Å². The van der Waals surface area contributed by atoms with Crippen LogP contribution in [0.15, 0.2) is 60.9 Å². The predicted molar refractivity (Wildman–Crippen MR) is 151 cm³/mol. The Morgan fingerprint density at radius 3 is 2.22 bits per heavy atom. The van der Waals surface area contributed by atoms with Crippen molar-refractivity contribution in [3.63, 3.8) is 0 Å². The molecular weight excluding hydrogens is 458 g/mol. The third-order valence-electron chi connectivity index (χ3n) is 7.11. The Hall–Kier alpha value is -3.82. The van der Waals surface area contributed by atoms with Crippen LogP contribution in [-0.2, 0) is 0 Å². The second-order valence-electron chi connectivity index (χ2n) is 10.3. The lowest BCUT2D eigenvalue weighted by atomic mass is 9.96. The number of nitrogen functional groups attached to an aromatic ring is 1. The standard InChI is InChI=1S/C31H35N5O/c1-21(2)35-18-16-23(17-19-35)10-15-27-28(29-30(32)33-20-34-31(29)36(27)22(3)4)24-11-13-26(14-12-24)37-25-8-6-5-7-9-25/h5-9,11-14,20-23H,16-19H2,1-4H3,(H2,32,33,34). The minimum Gasteiger partial charge on any atom is -0.457 e. The van der Waals surface area contributed by atoms with Gasteiger partial charge in [0.1, 0.15) is 35.0 Å². The number of piperidine rings is 1. The molecule has 3 heterocycles. The molecule has 0 unspecified atom stereocenters. The summed E-state index contributed by atoms with van der Waals surface area (Å²) in [5.41, 5.74) is 10.2. The highest BCUT2D eigenvalue weighted by molar-refractivity contribution is 6.03. The molecule has 1 saturated heterocycles. The van der Waals surface area contributed by atoms with Gasteiger partial charge in [-0.2, -0.15) is 0 Å². The molecule has 2 N–H and O–H groups in total. The Bertz CT molecular complexity index is 1420. The first-order valence-electron chi connectivity index (χ1n) is 13.2. The van der Waals surface area contributed by atoms with Crippen LogP contribution in [0.1, 0.15) is 52.3 Å². The Morgan fingerprint density at radius 2 is 1.57 bits per heavy atom. The van der Waals surface area contributed by atoms with Gasteiger partial charge in [0.2, 0.25) is 0 Å². The Balaban J connectivity index is 1.56. The van der Waals surface area contributed by atoms with Crippen LogP contribution in [0.3, 0.4) is 0 Å². The average molecular weight is 494 g/mol. The fraction of sp³-hybridized carbons (Fsp3) is 0.355. The number of nitrogens with two attached hydrogens (primary N) is 1. The normalized spacial score (nSPS) is 14.8. The number of hydrogen-bond donors (Lipinski definition) is 1. The van der Waals surface area contributed by atoms with E-state index in [0.29, 0.717) is 17.8 Å². The molecule has 0 aliphatic carbocycles. The van der Waals surface area contributed by atoms with E-state index in [1.165, 1.54) is 6.33 Å². The van der Waals surface area contributed by atoms with E-state index in [1.54, 1.807) is 0 Å². The fourth-order valence-corrected chi connectivity index (χ4v) is 5.11. The Kier molecular flexibility index (Phi) is 7.16. The number of anilines is 1. The highest BCUT2D eigenvalue weighted by Crippen LogP contribution is 2.39. The summed E-state index contributed by atoms with van der Waals surface area (Å²) in [7, 11) is 0. The summed E-state index contributed by atoms with van der Waals surface area (Å²) in [6, 6.07) is 18.6. The minimum absolute atomic E-state index is 0.165. The van der Waals surface area contributed by atoms with Gasteiger partial charge in [-0.1, -0.05) is 36.3 Å². The van der Waals surface area contributed by atoms with Crippen molar-refractivity contribution in [3.05, 3.63) is 66.6 Å². The van der Waals surface area contributed by atoms with E-state index in [0.717, 1.165) is 65.3 Å². The maximum atomic E-state index is 6.45. The summed E-state index contributed by atoms with van der Waals surface area (Å²) < 4.78 is 8.22. The van der Waals surface area contributed by atoms with Gasteiger partial charge in [0, 0.05) is 23.6 Å². The van der Waals surface area contributed by atoms with E-state index in [-0.39, 0.29) is 6.04 Å². The van der Waals surface area contributed by atoms with Gasteiger partial charge in [0.25, 0.3) is 0 Å². The number of benzene rings is 2. The SMILES string of the molecule is CC(C)N1CCC(C#Cc2c(-c3ccc(Oc4ccccc4)cc3)c3c(N)ncnc3n2C(C)C)CC1. The molecule has 37 heavy (non-hydrogen) atoms. The molecule has 190 valence electrons. The predicted octanol–water partition coefficient (Wildman–Crippen LogP) is 6.53. The molecule has 0 radical (unpaired) electrons. The first-order chi connectivity index (χ1) is 17.9. The van der Waals surface area contributed by atoms with Gasteiger partial charge in [-0.15, -0.1) is 0 Å². The van der Waals surface area contributed by atoms with Gasteiger partial charge in [0.05, 0.1) is 5.39 Å². The highest BCUT2D eigenvalue weighted by Gasteiger charge is 2.24. The molecule has 0 saturated carbocycles. The summed E-state index contributed by atoms with van der Waals surface area (Å²) in [4.78, 5) is 11.5. The van der Waals surface area contributed by atoms with E-state index in [9.17, 15) is 0 Å². The van der Waals surface area contributed by atoms with Crippen molar-refractivity contribution >= 4 is 16.9 Å². The molecule has 4 aromatic rings. The molecule has 5 rings (SSSR count). The molecule has 2 aromatic carbocycles. The van der Waals surface area contributed by atoms with Crippen molar-refractivity contribution in [1.82, 2.24) is 19.4 Å². The molecular formula is C31H35N5O. The zero-order chi connectivity index (χ0) is 25.9. The smallest absolute Gasteiger partial charge is 0.147 e. The van der Waals surface area contributed by atoms with Crippen molar-refractivity contribution in [1.29, 1.82) is 0 Å². The lowest BCUT2D eigenvalue weighted by Gasteiger charge is -2.32. The van der Waals surface area contributed by atoms with Crippen molar-refractivity contribution in [2.24, 2.45) is 5.92 Å². The van der Waals surface area contributed by atoms with E-state index in [2.05, 4.69) is 71.1 Å². The minimum atomic E-state index is 0.165. The number of para-hydroxylation sites is 1. The molecule has 0 amide bonds. The zero-order valence-electron chi connectivity index (χ0n) is 22.1. The Morgan fingerprint density at radius 1 is 0.892 bits per heavy atom. The first kappa shape index (κ1) is 24.9. The quantitative estimate of drug-likeness (QED) is 0.320. The Labute approximate surface area is 219 Å². The number of hydrogen-bond acceptors (Lipinski definition) is 5. The summed E-state index contributed by atoms with van der Waals surface area (Å²) in [6.45, 7) is 11.0. The van der Waals surface area contributed by atoms with Crippen LogP contribution in [0, 0.1) is 17.8 Å². The summed E-state index contributed by atoms with van der Waals surface area (Å²) in [6.07, 6.45) is 3.72. The molecule has 1 aliphatic heterocycles. The summed E-state index contributed by atoms with van der Waals surface area (Å²) in [5.74, 6) is 9.63. The molecule has 0 atom stereocenters. The topological polar surface area (TPSA) is 69.2 Å². The highest BCUT2D eigenvalue weighted by atomic mass is 16.5. The number of fused-ring (bicyclic) bond motifs is 1. The molecule has 0 bridgehead atoms. The van der Waals surface area contributed by atoms with Gasteiger partial charge in [-0.25, -0.2) is 9.97 Å². The van der Waals surface area contributed by atoms with Crippen LogP contribution in [0.25, 0.3) is 22.2 Å². The third-order valence-corrected chi connectivity index (χ3v) is 7.11. The summed E-state index contributed by atoms with van der Waals surface area (Å²) >= 11 is 0. The molecule has 1 fully saturated rings. The largest absolute Gasteiger partial charge is 0.457 e. The molecule has 6 nitrogen and oxygen atoms in total. The van der Waals surface area contributed by atoms with Crippen molar-refractivity contribution < 1.29 is 4.74 Å². The zero-order valence-corrected chi connectivity index (χ0v) is 22.1. The average Bonchev–Trinajstić information content (AvgIpc) is 3.24. The van der Waals surface area contributed by atoms with Crippen LogP contribution in [-0.4, -0.2) is 38.6 Å². The molecule has 1 aliphatic rings. The number of ether oxygens (including phenoxy) is 1. The molecule has 6 heteroatoms. The van der Waals surface area contributed by atoms with Crippen LogP contribution < -0.4 is 10.5 Å². The van der Waals surface area contributed by atoms with Crippen LogP contribution in [0.2, 0.25) is 0 Å². The lowest BCUT2D eigenvalue weighted by Crippen LogP contribution is -2.38. The van der Waals surface area contributed by atoms with E-state index < -0.39 is 0 Å². The lowest BCUT2D eigenvalue weighted by molar-refractivity contribution is 0.167. The van der Waals surface area contributed by atoms with E-state index >= 15 is 0 Å². The monoisotopic (exact) mass is 493 g/mol. The van der Waals surface area contributed by atoms with Gasteiger partial charge in [-0.3, -0.25) is 0 Å². The second-order valence-corrected chi connectivity index (χ2v) is 10.3. The molecule has 0 spiro atoms. The van der Waals surface area contributed by atoms with Gasteiger partial charge in [-0.05, 0) is 89.4 Å². The van der Waals surface area contributed by atoms with E-state index in [4.69, 9.17) is 10.5 Å². The second kappa shape index (κ2) is 10.7.